The molecule has 0 aliphatic carbocycles. The second kappa shape index (κ2) is 6.43. The van der Waals surface area contributed by atoms with E-state index in [1.54, 1.807) is 43.4 Å². The van der Waals surface area contributed by atoms with Gasteiger partial charge in [0.25, 0.3) is 5.91 Å². The number of aromatic nitrogens is 2. The van der Waals surface area contributed by atoms with Crippen molar-refractivity contribution >= 4 is 11.9 Å². The summed E-state index contributed by atoms with van der Waals surface area (Å²) in [5, 5.41) is 16.2. The second-order valence-corrected chi connectivity index (χ2v) is 5.39. The van der Waals surface area contributed by atoms with Crippen molar-refractivity contribution in [1.82, 2.24) is 15.1 Å². The van der Waals surface area contributed by atoms with Gasteiger partial charge in [0.15, 0.2) is 6.04 Å². The van der Waals surface area contributed by atoms with E-state index in [4.69, 9.17) is 0 Å². The highest BCUT2D eigenvalue weighted by Gasteiger charge is 2.24. The van der Waals surface area contributed by atoms with E-state index >= 15 is 0 Å². The van der Waals surface area contributed by atoms with Gasteiger partial charge in [-0.1, -0.05) is 44.2 Å². The Morgan fingerprint density at radius 1 is 1.23 bits per heavy atom. The first-order chi connectivity index (χ1) is 10.4. The molecule has 0 radical (unpaired) electrons. The molecule has 0 saturated carbocycles. The summed E-state index contributed by atoms with van der Waals surface area (Å²) in [6.07, 6.45) is 0. The van der Waals surface area contributed by atoms with Crippen molar-refractivity contribution < 1.29 is 14.7 Å². The molecule has 2 aromatic rings. The van der Waals surface area contributed by atoms with Crippen molar-refractivity contribution in [3.63, 3.8) is 0 Å². The summed E-state index contributed by atoms with van der Waals surface area (Å²) in [6, 6.07) is 9.19. The summed E-state index contributed by atoms with van der Waals surface area (Å²) in [7, 11) is 1.67. The first kappa shape index (κ1) is 15.8. The molecule has 0 aliphatic heterocycles. The number of carboxylic acids is 1. The number of nitrogens with zero attached hydrogens (tertiary/aromatic N) is 2. The Hall–Kier alpha value is -2.63. The molecule has 1 atom stereocenters. The van der Waals surface area contributed by atoms with E-state index in [0.717, 1.165) is 5.69 Å². The number of nitrogens with one attached hydrogen (secondary N) is 1. The van der Waals surface area contributed by atoms with Gasteiger partial charge >= 0.3 is 5.97 Å². The van der Waals surface area contributed by atoms with Crippen LogP contribution in [-0.4, -0.2) is 26.8 Å². The minimum atomic E-state index is -1.11. The molecular weight excluding hydrogens is 282 g/mol. The number of aryl methyl sites for hydroxylation is 1. The fourth-order valence-electron chi connectivity index (χ4n) is 2.12. The maximum Gasteiger partial charge on any atom is 0.330 e. The average Bonchev–Trinajstić information content (AvgIpc) is 2.87. The molecule has 0 aliphatic rings. The van der Waals surface area contributed by atoms with Crippen LogP contribution in [0.2, 0.25) is 0 Å². The Morgan fingerprint density at radius 2 is 1.86 bits per heavy atom. The van der Waals surface area contributed by atoms with Crippen molar-refractivity contribution in [1.29, 1.82) is 0 Å². The van der Waals surface area contributed by atoms with E-state index in [-0.39, 0.29) is 5.92 Å². The third-order valence-electron chi connectivity index (χ3n) is 3.38. The molecule has 1 amide bonds. The van der Waals surface area contributed by atoms with Crippen LogP contribution in [0.15, 0.2) is 36.4 Å². The van der Waals surface area contributed by atoms with Gasteiger partial charge in [0, 0.05) is 7.05 Å². The molecule has 6 nitrogen and oxygen atoms in total. The van der Waals surface area contributed by atoms with E-state index < -0.39 is 17.9 Å². The Morgan fingerprint density at radius 3 is 2.36 bits per heavy atom. The van der Waals surface area contributed by atoms with Crippen molar-refractivity contribution in [3.8, 4) is 0 Å². The Labute approximate surface area is 128 Å². The molecular formula is C16H19N3O3. The minimum Gasteiger partial charge on any atom is -0.479 e. The lowest BCUT2D eigenvalue weighted by atomic mass is 10.1. The number of rotatable bonds is 5. The first-order valence-electron chi connectivity index (χ1n) is 7.02. The summed E-state index contributed by atoms with van der Waals surface area (Å²) in [4.78, 5) is 23.8. The highest BCUT2D eigenvalue weighted by atomic mass is 16.4. The second-order valence-electron chi connectivity index (χ2n) is 5.39. The van der Waals surface area contributed by atoms with Gasteiger partial charge in [0.05, 0.1) is 5.69 Å². The smallest absolute Gasteiger partial charge is 0.330 e. The maximum atomic E-state index is 12.4. The van der Waals surface area contributed by atoms with Crippen molar-refractivity contribution in [3.05, 3.63) is 53.3 Å². The lowest BCUT2D eigenvalue weighted by molar-refractivity contribution is -0.139. The molecule has 116 valence electrons. The van der Waals surface area contributed by atoms with E-state index in [1.807, 2.05) is 13.8 Å². The van der Waals surface area contributed by atoms with Gasteiger partial charge < -0.3 is 10.4 Å². The predicted octanol–water partition coefficient (Wildman–Crippen LogP) is 2.10. The van der Waals surface area contributed by atoms with E-state index in [9.17, 15) is 14.7 Å². The fourth-order valence-corrected chi connectivity index (χ4v) is 2.12. The number of carboxylic acid groups (broad SMARTS) is 1. The molecule has 22 heavy (non-hydrogen) atoms. The van der Waals surface area contributed by atoms with Crippen LogP contribution >= 0.6 is 0 Å². The van der Waals surface area contributed by atoms with Gasteiger partial charge in [-0.05, 0) is 17.5 Å². The number of carbonyl (C=O) groups is 2. The third-order valence-corrected chi connectivity index (χ3v) is 3.38. The van der Waals surface area contributed by atoms with E-state index in [1.165, 1.54) is 4.68 Å². The van der Waals surface area contributed by atoms with Crippen LogP contribution < -0.4 is 5.32 Å². The lowest BCUT2D eigenvalue weighted by Crippen LogP contribution is -2.34. The molecule has 0 bridgehead atoms. The molecule has 0 unspecified atom stereocenters. The largest absolute Gasteiger partial charge is 0.479 e. The van der Waals surface area contributed by atoms with E-state index in [0.29, 0.717) is 11.3 Å². The van der Waals surface area contributed by atoms with Gasteiger partial charge in [-0.3, -0.25) is 9.48 Å². The van der Waals surface area contributed by atoms with Crippen molar-refractivity contribution in [2.45, 2.75) is 25.8 Å². The topological polar surface area (TPSA) is 84.2 Å². The summed E-state index contributed by atoms with van der Waals surface area (Å²) >= 11 is 0. The molecule has 2 N–H and O–H groups in total. The third kappa shape index (κ3) is 3.33. The summed E-state index contributed by atoms with van der Waals surface area (Å²) in [5.74, 6) is -1.37. The van der Waals surface area contributed by atoms with Crippen LogP contribution in [0, 0.1) is 0 Å². The van der Waals surface area contributed by atoms with Crippen LogP contribution in [0.3, 0.4) is 0 Å². The SMILES string of the molecule is CC(C)c1cc(C(=O)N[C@H](C(=O)O)c2ccccc2)n(C)n1. The zero-order valence-electron chi connectivity index (χ0n) is 12.8. The number of hydrogen-bond donors (Lipinski definition) is 2. The zero-order chi connectivity index (χ0) is 16.3. The fraction of sp³-hybridized carbons (Fsp3) is 0.312. The molecule has 1 aromatic carbocycles. The average molecular weight is 301 g/mol. The standard InChI is InChI=1S/C16H19N3O3/c1-10(2)12-9-13(19(3)18-12)15(20)17-14(16(21)22)11-7-5-4-6-8-11/h4-10,14H,1-3H3,(H,17,20)(H,21,22)/t14-/m0/s1. The summed E-state index contributed by atoms with van der Waals surface area (Å²) in [5.41, 5.74) is 1.65. The van der Waals surface area contributed by atoms with Gasteiger partial charge in [-0.2, -0.15) is 5.10 Å². The summed E-state index contributed by atoms with van der Waals surface area (Å²) in [6.45, 7) is 3.96. The molecule has 1 aromatic heterocycles. The van der Waals surface area contributed by atoms with Crippen LogP contribution in [0.5, 0.6) is 0 Å². The Kier molecular flexibility index (Phi) is 4.60. The number of amides is 1. The van der Waals surface area contributed by atoms with Gasteiger partial charge in [0.2, 0.25) is 0 Å². The number of aliphatic carboxylic acids is 1. The van der Waals surface area contributed by atoms with Gasteiger partial charge in [-0.15, -0.1) is 0 Å². The Balaban J connectivity index is 2.24. The molecule has 2 rings (SSSR count). The molecule has 1 heterocycles. The van der Waals surface area contributed by atoms with E-state index in [2.05, 4.69) is 10.4 Å². The Bertz CT molecular complexity index is 677. The highest BCUT2D eigenvalue weighted by molar-refractivity contribution is 5.95. The molecule has 0 saturated heterocycles. The van der Waals surface area contributed by atoms with Crippen LogP contribution in [0.25, 0.3) is 0 Å². The van der Waals surface area contributed by atoms with Gasteiger partial charge in [0.1, 0.15) is 5.69 Å². The van der Waals surface area contributed by atoms with Gasteiger partial charge in [-0.25, -0.2) is 4.79 Å². The number of carbonyl (C=O) groups excluding carboxylic acids is 1. The molecule has 0 fully saturated rings. The van der Waals surface area contributed by atoms with Crippen LogP contribution in [0.4, 0.5) is 0 Å². The summed E-state index contributed by atoms with van der Waals surface area (Å²) < 4.78 is 1.47. The van der Waals surface area contributed by atoms with Crippen molar-refractivity contribution in [2.24, 2.45) is 7.05 Å². The minimum absolute atomic E-state index is 0.192. The maximum absolute atomic E-state index is 12.4. The predicted molar refractivity (Wildman–Crippen MR) is 81.6 cm³/mol. The van der Waals surface area contributed by atoms with Crippen LogP contribution in [0.1, 0.15) is 47.6 Å². The normalized spacial score (nSPS) is 12.2. The number of hydrogen-bond acceptors (Lipinski definition) is 3. The zero-order valence-corrected chi connectivity index (χ0v) is 12.8. The monoisotopic (exact) mass is 301 g/mol. The quantitative estimate of drug-likeness (QED) is 0.885. The molecule has 0 spiro atoms. The van der Waals surface area contributed by atoms with Crippen LogP contribution in [-0.2, 0) is 11.8 Å². The first-order valence-corrected chi connectivity index (χ1v) is 7.02. The molecule has 6 heteroatoms. The van der Waals surface area contributed by atoms with Crippen molar-refractivity contribution in [2.75, 3.05) is 0 Å². The number of benzene rings is 1. The highest BCUT2D eigenvalue weighted by Crippen LogP contribution is 2.16. The lowest BCUT2D eigenvalue weighted by Gasteiger charge is -2.14.